The minimum Gasteiger partial charge on any atom is -0.366 e. The second-order valence-electron chi connectivity index (χ2n) is 4.90. The molecule has 1 unspecified atom stereocenters. The Morgan fingerprint density at radius 1 is 1.43 bits per heavy atom. The van der Waals surface area contributed by atoms with Crippen LogP contribution < -0.4 is 10.6 Å². The Morgan fingerprint density at radius 2 is 2.24 bits per heavy atom. The molecule has 0 radical (unpaired) electrons. The van der Waals surface area contributed by atoms with Gasteiger partial charge in [-0.05, 0) is 24.3 Å². The van der Waals surface area contributed by atoms with Gasteiger partial charge in [0, 0.05) is 31.4 Å². The number of benzene rings is 1. The first-order valence-corrected chi connectivity index (χ1v) is 6.81. The molecule has 1 saturated heterocycles. The predicted molar refractivity (Wildman–Crippen MR) is 77.7 cm³/mol. The van der Waals surface area contributed by atoms with E-state index in [9.17, 15) is 4.79 Å². The van der Waals surface area contributed by atoms with Crippen LogP contribution in [-0.4, -0.2) is 46.5 Å². The first-order valence-electron chi connectivity index (χ1n) is 6.81. The molecule has 0 bridgehead atoms. The van der Waals surface area contributed by atoms with E-state index in [-0.39, 0.29) is 5.91 Å². The number of aromatic nitrogens is 3. The normalized spacial score (nSPS) is 18.4. The van der Waals surface area contributed by atoms with Gasteiger partial charge in [0.25, 0.3) is 5.91 Å². The fourth-order valence-corrected chi connectivity index (χ4v) is 2.20. The average Bonchev–Trinajstić information content (AvgIpc) is 2.95. The van der Waals surface area contributed by atoms with Gasteiger partial charge in [0.15, 0.2) is 5.82 Å². The minimum atomic E-state index is -0.433. The van der Waals surface area contributed by atoms with Crippen LogP contribution in [0.15, 0.2) is 30.6 Å². The number of rotatable bonds is 3. The lowest BCUT2D eigenvalue weighted by atomic mass is 10.2. The van der Waals surface area contributed by atoms with Gasteiger partial charge in [-0.3, -0.25) is 4.79 Å². The lowest BCUT2D eigenvalue weighted by molar-refractivity contribution is -0.128. The van der Waals surface area contributed by atoms with Gasteiger partial charge in [-0.1, -0.05) is 0 Å². The molecule has 1 fully saturated rings. The first kappa shape index (κ1) is 13.7. The van der Waals surface area contributed by atoms with Gasteiger partial charge in [0.05, 0.1) is 6.61 Å². The third kappa shape index (κ3) is 3.09. The standard InChI is InChI=1S/C14H17N5O2/c1-19-9-16-18-13(19)10-2-4-11(5-3-10)17-14(20)12-8-15-6-7-21-12/h2-5,9,12,15H,6-8H2,1H3,(H,17,20). The van der Waals surface area contributed by atoms with Crippen molar-refractivity contribution < 1.29 is 9.53 Å². The van der Waals surface area contributed by atoms with E-state index in [2.05, 4.69) is 20.8 Å². The monoisotopic (exact) mass is 287 g/mol. The number of carbonyl (C=O) groups excluding carboxylic acids is 1. The number of aryl methyl sites for hydroxylation is 1. The molecule has 0 saturated carbocycles. The third-order valence-corrected chi connectivity index (χ3v) is 3.34. The molecule has 7 heteroatoms. The van der Waals surface area contributed by atoms with E-state index in [1.807, 2.05) is 35.9 Å². The molecule has 2 heterocycles. The molecular formula is C14H17N5O2. The van der Waals surface area contributed by atoms with Gasteiger partial charge in [0.2, 0.25) is 0 Å². The van der Waals surface area contributed by atoms with Crippen molar-refractivity contribution in [3.63, 3.8) is 0 Å². The van der Waals surface area contributed by atoms with E-state index in [0.717, 1.165) is 23.6 Å². The Hall–Kier alpha value is -2.25. The number of anilines is 1. The summed E-state index contributed by atoms with van der Waals surface area (Å²) in [6.45, 7) is 1.89. The van der Waals surface area contributed by atoms with Gasteiger partial charge in [-0.25, -0.2) is 0 Å². The number of carbonyl (C=O) groups is 1. The first-order chi connectivity index (χ1) is 10.2. The lowest BCUT2D eigenvalue weighted by Gasteiger charge is -2.22. The van der Waals surface area contributed by atoms with E-state index in [0.29, 0.717) is 13.2 Å². The molecule has 21 heavy (non-hydrogen) atoms. The fraction of sp³-hybridized carbons (Fsp3) is 0.357. The van der Waals surface area contributed by atoms with Crippen molar-refractivity contribution in [3.05, 3.63) is 30.6 Å². The van der Waals surface area contributed by atoms with Gasteiger partial charge < -0.3 is 19.9 Å². The summed E-state index contributed by atoms with van der Waals surface area (Å²) in [6, 6.07) is 7.50. The van der Waals surface area contributed by atoms with E-state index >= 15 is 0 Å². The quantitative estimate of drug-likeness (QED) is 0.854. The smallest absolute Gasteiger partial charge is 0.254 e. The highest BCUT2D eigenvalue weighted by atomic mass is 16.5. The summed E-state index contributed by atoms with van der Waals surface area (Å²) in [6.07, 6.45) is 1.22. The average molecular weight is 287 g/mol. The Labute approximate surface area is 122 Å². The molecular weight excluding hydrogens is 270 g/mol. The molecule has 1 aromatic carbocycles. The fourth-order valence-electron chi connectivity index (χ4n) is 2.20. The maximum Gasteiger partial charge on any atom is 0.254 e. The van der Waals surface area contributed by atoms with Crippen molar-refractivity contribution in [2.75, 3.05) is 25.0 Å². The summed E-state index contributed by atoms with van der Waals surface area (Å²) in [5.41, 5.74) is 1.68. The number of hydrogen-bond donors (Lipinski definition) is 2. The summed E-state index contributed by atoms with van der Waals surface area (Å²) >= 11 is 0. The number of amides is 1. The molecule has 0 spiro atoms. The molecule has 1 aliphatic rings. The molecule has 1 aliphatic heterocycles. The molecule has 1 aromatic heterocycles. The number of nitrogens with one attached hydrogen (secondary N) is 2. The van der Waals surface area contributed by atoms with Crippen LogP contribution in [0, 0.1) is 0 Å². The molecule has 1 amide bonds. The lowest BCUT2D eigenvalue weighted by Crippen LogP contribution is -2.45. The zero-order valence-electron chi connectivity index (χ0n) is 11.7. The maximum atomic E-state index is 12.0. The van der Waals surface area contributed by atoms with E-state index < -0.39 is 6.10 Å². The van der Waals surface area contributed by atoms with Crippen molar-refractivity contribution in [2.24, 2.45) is 7.05 Å². The summed E-state index contributed by atoms with van der Waals surface area (Å²) < 4.78 is 7.26. The van der Waals surface area contributed by atoms with Crippen LogP contribution in [0.2, 0.25) is 0 Å². The topological polar surface area (TPSA) is 81.1 Å². The van der Waals surface area contributed by atoms with E-state index in [1.165, 1.54) is 0 Å². The minimum absolute atomic E-state index is 0.131. The highest BCUT2D eigenvalue weighted by molar-refractivity contribution is 5.94. The Bertz CT molecular complexity index is 617. The highest BCUT2D eigenvalue weighted by Gasteiger charge is 2.21. The summed E-state index contributed by atoms with van der Waals surface area (Å²) in [5.74, 6) is 0.654. The van der Waals surface area contributed by atoms with Gasteiger partial charge in [0.1, 0.15) is 12.4 Å². The largest absolute Gasteiger partial charge is 0.366 e. The van der Waals surface area contributed by atoms with Gasteiger partial charge in [-0.2, -0.15) is 0 Å². The van der Waals surface area contributed by atoms with Gasteiger partial charge >= 0.3 is 0 Å². The van der Waals surface area contributed by atoms with Crippen molar-refractivity contribution in [2.45, 2.75) is 6.10 Å². The molecule has 0 aliphatic carbocycles. The van der Waals surface area contributed by atoms with Crippen molar-refractivity contribution in [3.8, 4) is 11.4 Å². The van der Waals surface area contributed by atoms with Crippen LogP contribution in [0.1, 0.15) is 0 Å². The van der Waals surface area contributed by atoms with Crippen molar-refractivity contribution in [1.82, 2.24) is 20.1 Å². The van der Waals surface area contributed by atoms with E-state index in [1.54, 1.807) is 6.33 Å². The molecule has 1 atom stereocenters. The molecule has 3 rings (SSSR count). The molecule has 7 nitrogen and oxygen atoms in total. The second-order valence-corrected chi connectivity index (χ2v) is 4.90. The van der Waals surface area contributed by atoms with Crippen molar-refractivity contribution in [1.29, 1.82) is 0 Å². The second kappa shape index (κ2) is 6.02. The Kier molecular flexibility index (Phi) is 3.94. The summed E-state index contributed by atoms with van der Waals surface area (Å²) in [7, 11) is 1.89. The predicted octanol–water partition coefficient (Wildman–Crippen LogP) is 0.409. The maximum absolute atomic E-state index is 12.0. The summed E-state index contributed by atoms with van der Waals surface area (Å²) in [5, 5.41) is 13.9. The van der Waals surface area contributed by atoms with Crippen LogP contribution in [-0.2, 0) is 16.6 Å². The SMILES string of the molecule is Cn1cnnc1-c1ccc(NC(=O)C2CNCCO2)cc1. The van der Waals surface area contributed by atoms with E-state index in [4.69, 9.17) is 4.74 Å². The Balaban J connectivity index is 1.67. The number of ether oxygens (including phenoxy) is 1. The molecule has 2 aromatic rings. The number of hydrogen-bond acceptors (Lipinski definition) is 5. The zero-order valence-corrected chi connectivity index (χ0v) is 11.7. The molecule has 2 N–H and O–H groups in total. The number of morpholine rings is 1. The summed E-state index contributed by atoms with van der Waals surface area (Å²) in [4.78, 5) is 12.0. The van der Waals surface area contributed by atoms with Crippen molar-refractivity contribution >= 4 is 11.6 Å². The van der Waals surface area contributed by atoms with Crippen LogP contribution >= 0.6 is 0 Å². The highest BCUT2D eigenvalue weighted by Crippen LogP contribution is 2.18. The van der Waals surface area contributed by atoms with Crippen LogP contribution in [0.5, 0.6) is 0 Å². The van der Waals surface area contributed by atoms with Crippen LogP contribution in [0.4, 0.5) is 5.69 Å². The van der Waals surface area contributed by atoms with Crippen LogP contribution in [0.25, 0.3) is 11.4 Å². The Morgan fingerprint density at radius 3 is 2.86 bits per heavy atom. The van der Waals surface area contributed by atoms with Crippen LogP contribution in [0.3, 0.4) is 0 Å². The third-order valence-electron chi connectivity index (χ3n) is 3.34. The zero-order chi connectivity index (χ0) is 14.7. The number of nitrogens with zero attached hydrogens (tertiary/aromatic N) is 3. The van der Waals surface area contributed by atoms with Gasteiger partial charge in [-0.15, -0.1) is 10.2 Å². The molecule has 110 valence electrons.